The highest BCUT2D eigenvalue weighted by Crippen LogP contribution is 2.09. The fourth-order valence-corrected chi connectivity index (χ4v) is 1.62. The zero-order valence-corrected chi connectivity index (χ0v) is 10.1. The van der Waals surface area contributed by atoms with E-state index in [1.165, 1.54) is 0 Å². The number of allylic oxidation sites excluding steroid dienone is 1. The first-order chi connectivity index (χ1) is 7.20. The molecule has 0 amide bonds. The zero-order chi connectivity index (χ0) is 11.5. The molecule has 88 valence electrons. The van der Waals surface area contributed by atoms with E-state index >= 15 is 0 Å². The van der Waals surface area contributed by atoms with Gasteiger partial charge in [0, 0.05) is 26.6 Å². The van der Waals surface area contributed by atoms with Gasteiger partial charge in [0.1, 0.15) is 5.78 Å². The number of Topliss-reactive ketones (excluding diaryl/α,β-unsaturated/α-hetero) is 1. The second-order valence-corrected chi connectivity index (χ2v) is 4.19. The highest BCUT2D eigenvalue weighted by Gasteiger charge is 2.08. The lowest BCUT2D eigenvalue weighted by atomic mass is 10.0. The Morgan fingerprint density at radius 1 is 1.40 bits per heavy atom. The lowest BCUT2D eigenvalue weighted by Crippen LogP contribution is -2.10. The van der Waals surface area contributed by atoms with E-state index in [0.29, 0.717) is 24.7 Å². The third-order valence-corrected chi connectivity index (χ3v) is 2.39. The van der Waals surface area contributed by atoms with Crippen LogP contribution in [0.1, 0.15) is 45.4 Å². The van der Waals surface area contributed by atoms with Crippen LogP contribution in [0.2, 0.25) is 0 Å². The smallest absolute Gasteiger partial charge is 0.133 e. The predicted molar refractivity (Wildman–Crippen MR) is 63.9 cm³/mol. The van der Waals surface area contributed by atoms with Crippen molar-refractivity contribution in [3.05, 3.63) is 12.7 Å². The molecule has 0 fully saturated rings. The molecule has 0 radical (unpaired) electrons. The predicted octanol–water partition coefficient (Wildman–Crippen LogP) is 3.36. The molecule has 0 heterocycles. The van der Waals surface area contributed by atoms with Crippen molar-refractivity contribution >= 4 is 5.78 Å². The van der Waals surface area contributed by atoms with Crippen molar-refractivity contribution in [1.29, 1.82) is 0 Å². The van der Waals surface area contributed by atoms with Crippen LogP contribution in [-0.4, -0.2) is 19.5 Å². The van der Waals surface area contributed by atoms with E-state index in [4.69, 9.17) is 4.74 Å². The fraction of sp³-hybridized carbons (Fsp3) is 0.769. The Morgan fingerprint density at radius 3 is 2.73 bits per heavy atom. The summed E-state index contributed by atoms with van der Waals surface area (Å²) in [6.45, 7) is 6.41. The molecule has 0 spiro atoms. The molecule has 2 heteroatoms. The molecule has 0 aromatic rings. The van der Waals surface area contributed by atoms with Crippen molar-refractivity contribution in [2.75, 3.05) is 13.7 Å². The summed E-state index contributed by atoms with van der Waals surface area (Å²) in [7, 11) is 1.68. The number of ether oxygens (including phenoxy) is 1. The van der Waals surface area contributed by atoms with Gasteiger partial charge in [-0.3, -0.25) is 4.79 Å². The van der Waals surface area contributed by atoms with Gasteiger partial charge in [0.25, 0.3) is 0 Å². The molecule has 1 atom stereocenters. The molecule has 0 saturated heterocycles. The van der Waals surface area contributed by atoms with Gasteiger partial charge in [-0.05, 0) is 25.2 Å². The van der Waals surface area contributed by atoms with Gasteiger partial charge in [-0.2, -0.15) is 0 Å². The summed E-state index contributed by atoms with van der Waals surface area (Å²) in [5.41, 5.74) is 0. The topological polar surface area (TPSA) is 26.3 Å². The van der Waals surface area contributed by atoms with Crippen molar-refractivity contribution in [3.8, 4) is 0 Å². The molecule has 0 aliphatic heterocycles. The summed E-state index contributed by atoms with van der Waals surface area (Å²) in [5.74, 6) is 0.730. The Morgan fingerprint density at radius 2 is 2.13 bits per heavy atom. The van der Waals surface area contributed by atoms with Gasteiger partial charge in [-0.15, -0.1) is 6.58 Å². The minimum absolute atomic E-state index is 0.357. The number of methoxy groups -OCH3 is 1. The summed E-state index contributed by atoms with van der Waals surface area (Å²) >= 11 is 0. The van der Waals surface area contributed by atoms with Crippen molar-refractivity contribution in [3.63, 3.8) is 0 Å². The maximum Gasteiger partial charge on any atom is 0.133 e. The van der Waals surface area contributed by atoms with Crippen LogP contribution < -0.4 is 0 Å². The average molecular weight is 212 g/mol. The fourth-order valence-electron chi connectivity index (χ4n) is 1.62. The molecule has 0 aromatic heterocycles. The minimum Gasteiger partial charge on any atom is -0.384 e. The van der Waals surface area contributed by atoms with Crippen LogP contribution in [0.5, 0.6) is 0 Å². The Kier molecular flexibility index (Phi) is 9.49. The molecule has 0 saturated carbocycles. The van der Waals surface area contributed by atoms with Gasteiger partial charge in [-0.25, -0.2) is 0 Å². The molecule has 2 nitrogen and oxygen atoms in total. The highest BCUT2D eigenvalue weighted by molar-refractivity contribution is 5.78. The number of carbonyl (C=O) groups is 1. The second-order valence-electron chi connectivity index (χ2n) is 4.19. The number of hydrogen-bond donors (Lipinski definition) is 0. The maximum atomic E-state index is 11.5. The molecular weight excluding hydrogens is 188 g/mol. The SMILES string of the molecule is C=CCCCCCC(=O)CC(C)COC. The van der Waals surface area contributed by atoms with Crippen LogP contribution in [0.15, 0.2) is 12.7 Å². The van der Waals surface area contributed by atoms with Gasteiger partial charge in [0.05, 0.1) is 0 Å². The summed E-state index contributed by atoms with van der Waals surface area (Å²) in [5, 5.41) is 0. The van der Waals surface area contributed by atoms with Crippen LogP contribution >= 0.6 is 0 Å². The standard InChI is InChI=1S/C13H24O2/c1-4-5-6-7-8-9-13(14)10-12(2)11-15-3/h4,12H,1,5-11H2,2-3H3. The molecule has 0 aliphatic rings. The van der Waals surface area contributed by atoms with E-state index in [9.17, 15) is 4.79 Å². The molecule has 0 N–H and O–H groups in total. The third kappa shape index (κ3) is 9.67. The minimum atomic E-state index is 0.357. The molecule has 0 rings (SSSR count). The van der Waals surface area contributed by atoms with E-state index in [1.807, 2.05) is 6.08 Å². The van der Waals surface area contributed by atoms with Gasteiger partial charge >= 0.3 is 0 Å². The summed E-state index contributed by atoms with van der Waals surface area (Å²) in [6.07, 6.45) is 7.70. The van der Waals surface area contributed by atoms with Gasteiger partial charge in [-0.1, -0.05) is 19.4 Å². The van der Waals surface area contributed by atoms with E-state index in [1.54, 1.807) is 7.11 Å². The largest absolute Gasteiger partial charge is 0.384 e. The summed E-state index contributed by atoms with van der Waals surface area (Å²) in [4.78, 5) is 11.5. The first-order valence-electron chi connectivity index (χ1n) is 5.82. The molecule has 0 aromatic carbocycles. The Labute approximate surface area is 93.7 Å². The lowest BCUT2D eigenvalue weighted by Gasteiger charge is -2.08. The highest BCUT2D eigenvalue weighted by atomic mass is 16.5. The monoisotopic (exact) mass is 212 g/mol. The van der Waals surface area contributed by atoms with Crippen molar-refractivity contribution in [2.24, 2.45) is 5.92 Å². The molecule has 15 heavy (non-hydrogen) atoms. The van der Waals surface area contributed by atoms with E-state index in [2.05, 4.69) is 13.5 Å². The van der Waals surface area contributed by atoms with Crippen molar-refractivity contribution in [2.45, 2.75) is 45.4 Å². The van der Waals surface area contributed by atoms with Gasteiger partial charge in [0.2, 0.25) is 0 Å². The number of rotatable bonds is 10. The maximum absolute atomic E-state index is 11.5. The first-order valence-corrected chi connectivity index (χ1v) is 5.82. The van der Waals surface area contributed by atoms with Crippen LogP contribution in [0.4, 0.5) is 0 Å². The Bertz CT molecular complexity index is 175. The Balaban J connectivity index is 3.36. The van der Waals surface area contributed by atoms with Crippen LogP contribution in [-0.2, 0) is 9.53 Å². The number of carbonyl (C=O) groups excluding carboxylic acids is 1. The van der Waals surface area contributed by atoms with Crippen LogP contribution in [0, 0.1) is 5.92 Å². The van der Waals surface area contributed by atoms with Crippen molar-refractivity contribution < 1.29 is 9.53 Å². The normalized spacial score (nSPS) is 12.4. The lowest BCUT2D eigenvalue weighted by molar-refractivity contribution is -0.120. The average Bonchev–Trinajstić information content (AvgIpc) is 2.17. The number of ketones is 1. The Hall–Kier alpha value is -0.630. The molecule has 0 bridgehead atoms. The molecule has 0 aliphatic carbocycles. The van der Waals surface area contributed by atoms with Crippen LogP contribution in [0.3, 0.4) is 0 Å². The van der Waals surface area contributed by atoms with E-state index in [0.717, 1.165) is 32.1 Å². The first kappa shape index (κ1) is 14.4. The molecule has 1 unspecified atom stereocenters. The number of unbranched alkanes of at least 4 members (excludes halogenated alkanes) is 3. The number of hydrogen-bond acceptors (Lipinski definition) is 2. The van der Waals surface area contributed by atoms with Crippen molar-refractivity contribution in [1.82, 2.24) is 0 Å². The van der Waals surface area contributed by atoms with E-state index < -0.39 is 0 Å². The van der Waals surface area contributed by atoms with Crippen LogP contribution in [0.25, 0.3) is 0 Å². The second kappa shape index (κ2) is 9.91. The van der Waals surface area contributed by atoms with Gasteiger partial charge in [0.15, 0.2) is 0 Å². The summed E-state index contributed by atoms with van der Waals surface area (Å²) < 4.78 is 5.00. The zero-order valence-electron chi connectivity index (χ0n) is 10.1. The quantitative estimate of drug-likeness (QED) is 0.410. The van der Waals surface area contributed by atoms with E-state index in [-0.39, 0.29) is 0 Å². The molecular formula is C13H24O2. The third-order valence-electron chi connectivity index (χ3n) is 2.39. The summed E-state index contributed by atoms with van der Waals surface area (Å²) in [6, 6.07) is 0. The van der Waals surface area contributed by atoms with Gasteiger partial charge < -0.3 is 4.74 Å².